The number of hydrogen-bond donors (Lipinski definition) is 1. The smallest absolute Gasteiger partial charge is 0.387 e. The number of carbonyl (C=O) groups is 2. The molecule has 0 saturated heterocycles. The van der Waals surface area contributed by atoms with Gasteiger partial charge < -0.3 is 10.1 Å². The number of nitrogens with zero attached hydrogens (tertiary/aromatic N) is 2. The Balaban J connectivity index is 1.59. The molecule has 3 aromatic carbocycles. The number of carbonyl (C=O) groups excluding carboxylic acids is 2. The molecule has 0 saturated carbocycles. The highest BCUT2D eigenvalue weighted by molar-refractivity contribution is 8.14. The lowest BCUT2D eigenvalue weighted by molar-refractivity contribution is -0.114. The molecular weight excluding hydrogens is 543 g/mol. The lowest BCUT2D eigenvalue weighted by Gasteiger charge is -2.18. The van der Waals surface area contributed by atoms with Gasteiger partial charge >= 0.3 is 6.61 Å². The van der Waals surface area contributed by atoms with Crippen molar-refractivity contribution in [2.24, 2.45) is 4.99 Å². The lowest BCUT2D eigenvalue weighted by Crippen LogP contribution is -2.31. The quantitative estimate of drug-likeness (QED) is 0.314. The van der Waals surface area contributed by atoms with Crippen LogP contribution in [-0.4, -0.2) is 29.3 Å². The standard InChI is InChI=1S/C26H19Cl2F2N3O3S/c1-15-3-2-4-18(11-15)31-23(34)14-37-26-32-22(12-16-5-6-17(27)13-21(16)28)24(35)33(26)19-7-9-20(10-8-19)36-25(29)30/h2-13,25H,14H2,1H3,(H,31,34). The molecule has 4 rings (SSSR count). The van der Waals surface area contributed by atoms with Crippen molar-refractivity contribution < 1.29 is 23.1 Å². The van der Waals surface area contributed by atoms with Gasteiger partial charge in [-0.05, 0) is 72.7 Å². The van der Waals surface area contributed by atoms with Gasteiger partial charge in [0.2, 0.25) is 5.91 Å². The topological polar surface area (TPSA) is 71.0 Å². The number of amidine groups is 1. The molecule has 0 radical (unpaired) electrons. The van der Waals surface area contributed by atoms with E-state index in [2.05, 4.69) is 15.0 Å². The summed E-state index contributed by atoms with van der Waals surface area (Å²) in [5.74, 6) is -0.851. The van der Waals surface area contributed by atoms with Gasteiger partial charge in [0.15, 0.2) is 5.17 Å². The van der Waals surface area contributed by atoms with Crippen LogP contribution in [0, 0.1) is 6.92 Å². The fourth-order valence-corrected chi connectivity index (χ4v) is 4.69. The lowest BCUT2D eigenvalue weighted by atomic mass is 10.2. The van der Waals surface area contributed by atoms with E-state index in [0.29, 0.717) is 27.0 Å². The Morgan fingerprint density at radius 1 is 1.14 bits per heavy atom. The van der Waals surface area contributed by atoms with Gasteiger partial charge in [-0.1, -0.05) is 53.2 Å². The van der Waals surface area contributed by atoms with Crippen molar-refractivity contribution in [3.63, 3.8) is 0 Å². The van der Waals surface area contributed by atoms with Crippen LogP contribution in [0.1, 0.15) is 11.1 Å². The number of amides is 2. The molecular formula is C26H19Cl2F2N3O3S. The molecule has 1 N–H and O–H groups in total. The Kier molecular flexibility index (Phi) is 8.48. The number of halogens is 4. The van der Waals surface area contributed by atoms with Crippen LogP contribution in [-0.2, 0) is 9.59 Å². The van der Waals surface area contributed by atoms with Crippen LogP contribution in [0.15, 0.2) is 77.4 Å². The summed E-state index contributed by atoms with van der Waals surface area (Å²) in [7, 11) is 0. The van der Waals surface area contributed by atoms with Crippen molar-refractivity contribution in [2.45, 2.75) is 13.5 Å². The molecule has 1 aliphatic rings. The first-order valence-electron chi connectivity index (χ1n) is 10.8. The van der Waals surface area contributed by atoms with E-state index in [-0.39, 0.29) is 28.3 Å². The minimum atomic E-state index is -2.97. The summed E-state index contributed by atoms with van der Waals surface area (Å²) in [6.07, 6.45) is 1.52. The van der Waals surface area contributed by atoms with Gasteiger partial charge in [0.1, 0.15) is 11.4 Å². The molecule has 0 aromatic heterocycles. The second-order valence-electron chi connectivity index (χ2n) is 7.81. The van der Waals surface area contributed by atoms with Crippen LogP contribution in [0.3, 0.4) is 0 Å². The van der Waals surface area contributed by atoms with Crippen LogP contribution in [0.25, 0.3) is 6.08 Å². The number of anilines is 2. The third-order valence-corrected chi connectivity index (χ3v) is 6.54. The zero-order valence-electron chi connectivity index (χ0n) is 19.3. The van der Waals surface area contributed by atoms with Crippen molar-refractivity contribution in [3.05, 3.63) is 93.6 Å². The minimum absolute atomic E-state index is 0.0296. The van der Waals surface area contributed by atoms with Gasteiger partial charge in [-0.25, -0.2) is 4.99 Å². The summed E-state index contributed by atoms with van der Waals surface area (Å²) in [5.41, 5.74) is 2.63. The van der Waals surface area contributed by atoms with Crippen LogP contribution in [0.5, 0.6) is 5.75 Å². The van der Waals surface area contributed by atoms with E-state index in [9.17, 15) is 18.4 Å². The summed E-state index contributed by atoms with van der Waals surface area (Å²) < 4.78 is 29.5. The van der Waals surface area contributed by atoms with E-state index in [0.717, 1.165) is 17.3 Å². The number of alkyl halides is 2. The molecule has 0 unspecified atom stereocenters. The molecule has 0 fully saturated rings. The van der Waals surface area contributed by atoms with Gasteiger partial charge in [0.25, 0.3) is 5.91 Å². The number of benzene rings is 3. The van der Waals surface area contributed by atoms with Crippen LogP contribution < -0.4 is 15.0 Å². The van der Waals surface area contributed by atoms with Gasteiger partial charge in [-0.3, -0.25) is 14.5 Å². The average Bonchev–Trinajstić information content (AvgIpc) is 3.14. The Morgan fingerprint density at radius 2 is 1.89 bits per heavy atom. The zero-order valence-corrected chi connectivity index (χ0v) is 21.6. The maximum absolute atomic E-state index is 13.3. The number of aliphatic imine (C=N–C) groups is 1. The van der Waals surface area contributed by atoms with Gasteiger partial charge in [0, 0.05) is 15.7 Å². The molecule has 0 bridgehead atoms. The summed E-state index contributed by atoms with van der Waals surface area (Å²) in [5, 5.41) is 3.83. The van der Waals surface area contributed by atoms with E-state index < -0.39 is 12.5 Å². The van der Waals surface area contributed by atoms with Crippen molar-refractivity contribution >= 4 is 69.4 Å². The molecule has 37 heavy (non-hydrogen) atoms. The highest BCUT2D eigenvalue weighted by Gasteiger charge is 2.32. The number of nitrogens with one attached hydrogen (secondary N) is 1. The number of thioether (sulfide) groups is 1. The Hall–Kier alpha value is -3.40. The molecule has 0 spiro atoms. The Bertz CT molecular complexity index is 1400. The first kappa shape index (κ1) is 26.7. The van der Waals surface area contributed by atoms with E-state index in [1.807, 2.05) is 25.1 Å². The third-order valence-electron chi connectivity index (χ3n) is 5.04. The van der Waals surface area contributed by atoms with E-state index in [4.69, 9.17) is 23.2 Å². The largest absolute Gasteiger partial charge is 0.435 e. The average molecular weight is 562 g/mol. The highest BCUT2D eigenvalue weighted by Crippen LogP contribution is 2.32. The normalized spacial score (nSPS) is 14.3. The molecule has 11 heteroatoms. The second kappa shape index (κ2) is 11.8. The molecule has 6 nitrogen and oxygen atoms in total. The fourth-order valence-electron chi connectivity index (χ4n) is 3.41. The Morgan fingerprint density at radius 3 is 2.57 bits per heavy atom. The molecule has 0 atom stereocenters. The predicted molar refractivity (Wildman–Crippen MR) is 145 cm³/mol. The summed E-state index contributed by atoms with van der Waals surface area (Å²) in [4.78, 5) is 31.7. The molecule has 1 heterocycles. The molecule has 0 aliphatic carbocycles. The van der Waals surface area contributed by atoms with Crippen LogP contribution in [0.4, 0.5) is 20.2 Å². The van der Waals surface area contributed by atoms with E-state index in [1.165, 1.54) is 35.2 Å². The van der Waals surface area contributed by atoms with Gasteiger partial charge in [0.05, 0.1) is 11.4 Å². The summed E-state index contributed by atoms with van der Waals surface area (Å²) in [6.45, 7) is -1.06. The first-order chi connectivity index (χ1) is 17.7. The second-order valence-corrected chi connectivity index (χ2v) is 9.60. The summed E-state index contributed by atoms with van der Waals surface area (Å²) in [6, 6.07) is 17.7. The van der Waals surface area contributed by atoms with Gasteiger partial charge in [-0.2, -0.15) is 8.78 Å². The molecule has 1 aliphatic heterocycles. The fraction of sp³-hybridized carbons (Fsp3) is 0.115. The van der Waals surface area contributed by atoms with Crippen molar-refractivity contribution in [1.82, 2.24) is 0 Å². The molecule has 3 aromatic rings. The van der Waals surface area contributed by atoms with Crippen LogP contribution in [0.2, 0.25) is 10.0 Å². The van der Waals surface area contributed by atoms with Crippen molar-refractivity contribution in [3.8, 4) is 5.75 Å². The monoisotopic (exact) mass is 561 g/mol. The number of ether oxygens (including phenoxy) is 1. The Labute approximate surface area is 225 Å². The zero-order chi connectivity index (χ0) is 26.5. The number of aryl methyl sites for hydroxylation is 1. The van der Waals surface area contributed by atoms with Crippen molar-refractivity contribution in [1.29, 1.82) is 0 Å². The maximum Gasteiger partial charge on any atom is 0.387 e. The van der Waals surface area contributed by atoms with Crippen LogP contribution >= 0.6 is 35.0 Å². The van der Waals surface area contributed by atoms with E-state index >= 15 is 0 Å². The first-order valence-corrected chi connectivity index (χ1v) is 12.6. The highest BCUT2D eigenvalue weighted by atomic mass is 35.5. The molecule has 190 valence electrons. The SMILES string of the molecule is Cc1cccc(NC(=O)CSC2=NC(=Cc3ccc(Cl)cc3Cl)C(=O)N2c2ccc(OC(F)F)cc2)c1. The van der Waals surface area contributed by atoms with Gasteiger partial charge in [-0.15, -0.1) is 0 Å². The van der Waals surface area contributed by atoms with Crippen molar-refractivity contribution in [2.75, 3.05) is 16.0 Å². The third kappa shape index (κ3) is 6.88. The number of hydrogen-bond acceptors (Lipinski definition) is 5. The predicted octanol–water partition coefficient (Wildman–Crippen LogP) is 7.02. The summed E-state index contributed by atoms with van der Waals surface area (Å²) >= 11 is 13.3. The minimum Gasteiger partial charge on any atom is -0.435 e. The number of rotatable bonds is 7. The molecule has 2 amide bonds. The van der Waals surface area contributed by atoms with E-state index in [1.54, 1.807) is 24.3 Å². The maximum atomic E-state index is 13.3.